The normalized spacial score (nSPS) is 10.3. The maximum Gasteiger partial charge on any atom is 0.339 e. The summed E-state index contributed by atoms with van der Waals surface area (Å²) in [4.78, 5) is 23.0. The third-order valence-corrected chi connectivity index (χ3v) is 3.65. The largest absolute Gasteiger partial charge is 0.490 e. The number of para-hydroxylation sites is 1. The van der Waals surface area contributed by atoms with E-state index in [0.29, 0.717) is 17.7 Å². The summed E-state index contributed by atoms with van der Waals surface area (Å²) in [5, 5.41) is 9.24. The van der Waals surface area contributed by atoms with Crippen molar-refractivity contribution >= 4 is 11.9 Å². The van der Waals surface area contributed by atoms with Crippen molar-refractivity contribution < 1.29 is 28.9 Å². The van der Waals surface area contributed by atoms with Crippen molar-refractivity contribution in [2.24, 2.45) is 0 Å². The third-order valence-electron chi connectivity index (χ3n) is 3.65. The van der Waals surface area contributed by atoms with Crippen molar-refractivity contribution in [2.45, 2.75) is 13.3 Å². The number of aryl methyl sites for hydroxylation is 1. The highest BCUT2D eigenvalue weighted by molar-refractivity contribution is 5.91. The molecule has 0 aromatic heterocycles. The van der Waals surface area contributed by atoms with Crippen LogP contribution in [0.25, 0.3) is 0 Å². The summed E-state index contributed by atoms with van der Waals surface area (Å²) in [6.45, 7) is 2.79. The average molecular weight is 358 g/mol. The molecule has 2 rings (SSSR count). The molecule has 6 heteroatoms. The standard InChI is InChI=1S/C20H22O6/c1-2-15-9-6-10-17(19(21)22)18(15)25-13-11-24-12-14-26-20(23)16-7-4-3-5-8-16/h3-10H,2,11-14H2,1H3,(H,21,22). The number of carbonyl (C=O) groups excluding carboxylic acids is 1. The summed E-state index contributed by atoms with van der Waals surface area (Å²) in [6.07, 6.45) is 0.673. The Morgan fingerprint density at radius 2 is 1.65 bits per heavy atom. The monoisotopic (exact) mass is 358 g/mol. The molecule has 0 aliphatic heterocycles. The smallest absolute Gasteiger partial charge is 0.339 e. The van der Waals surface area contributed by atoms with Crippen LogP contribution >= 0.6 is 0 Å². The first-order chi connectivity index (χ1) is 12.6. The van der Waals surface area contributed by atoms with Crippen molar-refractivity contribution in [3.63, 3.8) is 0 Å². The predicted octanol–water partition coefficient (Wildman–Crippen LogP) is 3.20. The Hall–Kier alpha value is -2.86. The van der Waals surface area contributed by atoms with Gasteiger partial charge in [0.05, 0.1) is 18.8 Å². The highest BCUT2D eigenvalue weighted by atomic mass is 16.6. The summed E-state index contributed by atoms with van der Waals surface area (Å²) in [5.74, 6) is -1.04. The van der Waals surface area contributed by atoms with Gasteiger partial charge in [-0.1, -0.05) is 37.3 Å². The number of ether oxygens (including phenoxy) is 3. The van der Waals surface area contributed by atoms with Gasteiger partial charge in [-0.15, -0.1) is 0 Å². The van der Waals surface area contributed by atoms with Crippen LogP contribution in [0.2, 0.25) is 0 Å². The SMILES string of the molecule is CCc1cccc(C(=O)O)c1OCCOCCOC(=O)c1ccccc1. The van der Waals surface area contributed by atoms with Gasteiger partial charge in [-0.3, -0.25) is 0 Å². The topological polar surface area (TPSA) is 82.1 Å². The van der Waals surface area contributed by atoms with Crippen molar-refractivity contribution in [1.82, 2.24) is 0 Å². The van der Waals surface area contributed by atoms with E-state index in [1.807, 2.05) is 19.1 Å². The van der Waals surface area contributed by atoms with Crippen LogP contribution in [-0.4, -0.2) is 43.5 Å². The highest BCUT2D eigenvalue weighted by Gasteiger charge is 2.14. The van der Waals surface area contributed by atoms with Gasteiger partial charge in [0.1, 0.15) is 24.5 Å². The lowest BCUT2D eigenvalue weighted by atomic mass is 10.1. The van der Waals surface area contributed by atoms with E-state index in [1.165, 1.54) is 6.07 Å². The van der Waals surface area contributed by atoms with E-state index in [0.717, 1.165) is 5.56 Å². The number of esters is 1. The van der Waals surface area contributed by atoms with Gasteiger partial charge in [-0.2, -0.15) is 0 Å². The quantitative estimate of drug-likeness (QED) is 0.519. The summed E-state index contributed by atoms with van der Waals surface area (Å²) < 4.78 is 16.1. The first-order valence-corrected chi connectivity index (χ1v) is 8.41. The Labute approximate surface area is 152 Å². The number of rotatable bonds is 10. The van der Waals surface area contributed by atoms with Gasteiger partial charge >= 0.3 is 11.9 Å². The molecular weight excluding hydrogens is 336 g/mol. The minimum Gasteiger partial charge on any atom is -0.490 e. The molecule has 2 aromatic carbocycles. The molecule has 0 atom stereocenters. The molecule has 0 bridgehead atoms. The van der Waals surface area contributed by atoms with E-state index in [-0.39, 0.29) is 32.0 Å². The maximum absolute atomic E-state index is 11.7. The number of hydrogen-bond donors (Lipinski definition) is 1. The van der Waals surface area contributed by atoms with Crippen molar-refractivity contribution in [2.75, 3.05) is 26.4 Å². The molecule has 0 fully saturated rings. The van der Waals surface area contributed by atoms with Gasteiger partial charge in [0.25, 0.3) is 0 Å². The van der Waals surface area contributed by atoms with E-state index in [9.17, 15) is 14.7 Å². The van der Waals surface area contributed by atoms with Gasteiger partial charge < -0.3 is 19.3 Å². The van der Waals surface area contributed by atoms with Crippen LogP contribution in [0.3, 0.4) is 0 Å². The fourth-order valence-electron chi connectivity index (χ4n) is 2.36. The van der Waals surface area contributed by atoms with E-state index < -0.39 is 11.9 Å². The summed E-state index contributed by atoms with van der Waals surface area (Å²) in [6, 6.07) is 13.8. The summed E-state index contributed by atoms with van der Waals surface area (Å²) in [5.41, 5.74) is 1.47. The zero-order valence-electron chi connectivity index (χ0n) is 14.6. The first-order valence-electron chi connectivity index (χ1n) is 8.41. The first kappa shape index (κ1) is 19.5. The van der Waals surface area contributed by atoms with Crippen LogP contribution in [0.1, 0.15) is 33.2 Å². The predicted molar refractivity (Wildman–Crippen MR) is 95.8 cm³/mol. The number of hydrogen-bond acceptors (Lipinski definition) is 5. The molecule has 0 aliphatic rings. The van der Waals surface area contributed by atoms with Crippen molar-refractivity contribution in [3.05, 3.63) is 65.2 Å². The second-order valence-electron chi connectivity index (χ2n) is 5.42. The Balaban J connectivity index is 1.70. The number of carbonyl (C=O) groups is 2. The zero-order chi connectivity index (χ0) is 18.8. The lowest BCUT2D eigenvalue weighted by molar-refractivity contribution is 0.0272. The molecular formula is C20H22O6. The van der Waals surface area contributed by atoms with Crippen LogP contribution in [0.15, 0.2) is 48.5 Å². The Bertz CT molecular complexity index is 726. The second-order valence-corrected chi connectivity index (χ2v) is 5.42. The van der Waals surface area contributed by atoms with E-state index in [1.54, 1.807) is 30.3 Å². The van der Waals surface area contributed by atoms with E-state index >= 15 is 0 Å². The average Bonchev–Trinajstić information content (AvgIpc) is 2.67. The molecule has 0 saturated carbocycles. The second kappa shape index (κ2) is 10.2. The Morgan fingerprint density at radius 1 is 0.923 bits per heavy atom. The minimum absolute atomic E-state index is 0.139. The summed E-state index contributed by atoms with van der Waals surface area (Å²) in [7, 11) is 0. The molecule has 0 radical (unpaired) electrons. The lowest BCUT2D eigenvalue weighted by Crippen LogP contribution is -2.15. The zero-order valence-corrected chi connectivity index (χ0v) is 14.6. The fourth-order valence-corrected chi connectivity index (χ4v) is 2.36. The number of carboxylic acid groups (broad SMARTS) is 1. The molecule has 0 unspecified atom stereocenters. The van der Waals surface area contributed by atoms with E-state index in [4.69, 9.17) is 14.2 Å². The van der Waals surface area contributed by atoms with Crippen molar-refractivity contribution in [3.8, 4) is 5.75 Å². The minimum atomic E-state index is -1.02. The lowest BCUT2D eigenvalue weighted by Gasteiger charge is -2.13. The van der Waals surface area contributed by atoms with Gasteiger partial charge in [0.15, 0.2) is 0 Å². The van der Waals surface area contributed by atoms with Crippen LogP contribution < -0.4 is 4.74 Å². The van der Waals surface area contributed by atoms with Crippen molar-refractivity contribution in [1.29, 1.82) is 0 Å². The summed E-state index contributed by atoms with van der Waals surface area (Å²) >= 11 is 0. The number of carboxylic acids is 1. The molecule has 0 aliphatic carbocycles. The van der Waals surface area contributed by atoms with Crippen LogP contribution in [0.4, 0.5) is 0 Å². The molecule has 2 aromatic rings. The number of aromatic carboxylic acids is 1. The van der Waals surface area contributed by atoms with Gasteiger partial charge in [-0.25, -0.2) is 9.59 Å². The third kappa shape index (κ3) is 5.60. The molecule has 0 saturated heterocycles. The fraction of sp³-hybridized carbons (Fsp3) is 0.300. The van der Waals surface area contributed by atoms with Gasteiger partial charge in [0, 0.05) is 0 Å². The highest BCUT2D eigenvalue weighted by Crippen LogP contribution is 2.24. The molecule has 0 amide bonds. The molecule has 0 spiro atoms. The molecule has 0 heterocycles. The van der Waals surface area contributed by atoms with E-state index in [2.05, 4.69) is 0 Å². The van der Waals surface area contributed by atoms with Crippen LogP contribution in [-0.2, 0) is 15.9 Å². The molecule has 26 heavy (non-hydrogen) atoms. The molecule has 1 N–H and O–H groups in total. The van der Waals surface area contributed by atoms with Gasteiger partial charge in [0.2, 0.25) is 0 Å². The Kier molecular flexibility index (Phi) is 7.64. The Morgan fingerprint density at radius 3 is 2.35 bits per heavy atom. The van der Waals surface area contributed by atoms with Gasteiger partial charge in [-0.05, 0) is 30.2 Å². The maximum atomic E-state index is 11.7. The van der Waals surface area contributed by atoms with Crippen LogP contribution in [0.5, 0.6) is 5.75 Å². The van der Waals surface area contributed by atoms with Crippen LogP contribution in [0, 0.1) is 0 Å². The molecule has 138 valence electrons. The number of benzene rings is 2. The molecule has 6 nitrogen and oxygen atoms in total.